The molecule has 2 aromatic carbocycles. The van der Waals surface area contributed by atoms with Gasteiger partial charge in [0.1, 0.15) is 16.8 Å². The van der Waals surface area contributed by atoms with Crippen LogP contribution in [-0.2, 0) is 16.1 Å². The van der Waals surface area contributed by atoms with Gasteiger partial charge in [-0.3, -0.25) is 9.97 Å². The van der Waals surface area contributed by atoms with E-state index in [0.717, 1.165) is 6.07 Å². The highest BCUT2D eigenvalue weighted by Gasteiger charge is 2.24. The van der Waals surface area contributed by atoms with Gasteiger partial charge in [-0.2, -0.15) is 0 Å². The number of amides is 2. The van der Waals surface area contributed by atoms with Crippen LogP contribution < -0.4 is 15.4 Å². The third-order valence-electron chi connectivity index (χ3n) is 6.47. The van der Waals surface area contributed by atoms with Crippen molar-refractivity contribution in [2.24, 2.45) is 0 Å². The van der Waals surface area contributed by atoms with Crippen LogP contribution in [0.5, 0.6) is 11.5 Å². The van der Waals surface area contributed by atoms with Gasteiger partial charge in [0.25, 0.3) is 0 Å². The van der Waals surface area contributed by atoms with E-state index in [-0.39, 0.29) is 34.1 Å². The Morgan fingerprint density at radius 3 is 2.45 bits per heavy atom. The lowest BCUT2D eigenvalue weighted by molar-refractivity contribution is -0.159. The molecule has 5 N–H and O–H groups in total. The number of aromatic nitrogens is 3. The summed E-state index contributed by atoms with van der Waals surface area (Å²) in [6.45, 7) is 1.44. The van der Waals surface area contributed by atoms with E-state index in [1.54, 1.807) is 29.3 Å². The number of aromatic hydroxyl groups is 1. The monoisotopic (exact) mass is 584 g/mol. The highest BCUT2D eigenvalue weighted by molar-refractivity contribution is 6.27. The fourth-order valence-electron chi connectivity index (χ4n) is 4.36. The molecule has 3 heterocycles. The molecule has 2 amide bonds. The molecule has 0 saturated carbocycles. The number of benzene rings is 2. The molecule has 0 aliphatic carbocycles. The lowest BCUT2D eigenvalue weighted by Crippen LogP contribution is -2.46. The van der Waals surface area contributed by atoms with Crippen LogP contribution in [-0.4, -0.2) is 79.4 Å². The Bertz CT molecular complexity index is 1630. The number of piperidine rings is 1. The molecule has 0 atom stereocenters. The highest BCUT2D eigenvalue weighted by Crippen LogP contribution is 2.33. The number of anilines is 1. The number of carbonyl (C=O) groups excluding carboxylic acids is 1. The largest absolute Gasteiger partial charge is 0.506 e. The van der Waals surface area contributed by atoms with Crippen LogP contribution in [0.15, 0.2) is 42.7 Å². The number of phenolic OH excluding ortho intramolecular Hbond substituents is 1. The number of aliphatic carboxylic acids is 2. The van der Waals surface area contributed by atoms with Gasteiger partial charge in [0, 0.05) is 37.9 Å². The molecule has 220 valence electrons. The second-order valence-corrected chi connectivity index (χ2v) is 9.15. The maximum atomic E-state index is 14.9. The molecular weight excluding hydrogens is 558 g/mol. The van der Waals surface area contributed by atoms with Crippen LogP contribution in [0, 0.1) is 11.6 Å². The topological polar surface area (TPSA) is 187 Å². The first-order valence-electron chi connectivity index (χ1n) is 12.6. The normalized spacial score (nSPS) is 13.4. The Balaban J connectivity index is 0.000000612. The van der Waals surface area contributed by atoms with E-state index in [1.165, 1.54) is 19.4 Å². The SMILES string of the molecule is COc1cc(F)c2nccc(NC(=O)N3CCC(NCc4cnc5cccc(O)c5n4)CC3)c2c1F.O=C(O)C(=O)O. The van der Waals surface area contributed by atoms with Crippen LogP contribution in [0.25, 0.3) is 21.9 Å². The number of para-hydroxylation sites is 1. The van der Waals surface area contributed by atoms with Crippen molar-refractivity contribution in [3.05, 3.63) is 60.1 Å². The first kappa shape index (κ1) is 29.8. The molecule has 15 heteroatoms. The molecule has 0 unspecified atom stereocenters. The number of nitrogens with one attached hydrogen (secondary N) is 2. The summed E-state index contributed by atoms with van der Waals surface area (Å²) in [7, 11) is 1.24. The van der Waals surface area contributed by atoms with E-state index < -0.39 is 29.6 Å². The molecule has 1 aliphatic heterocycles. The number of fused-ring (bicyclic) bond motifs is 2. The number of carbonyl (C=O) groups is 3. The van der Waals surface area contributed by atoms with Crippen molar-refractivity contribution in [3.8, 4) is 11.5 Å². The number of methoxy groups -OCH3 is 1. The average Bonchev–Trinajstić information content (AvgIpc) is 2.98. The van der Waals surface area contributed by atoms with Gasteiger partial charge in [0.2, 0.25) is 0 Å². The molecule has 0 radical (unpaired) electrons. The number of ether oxygens (including phenoxy) is 1. The molecule has 4 aromatic rings. The molecule has 0 spiro atoms. The number of hydrogen-bond donors (Lipinski definition) is 5. The Morgan fingerprint density at radius 2 is 1.79 bits per heavy atom. The summed E-state index contributed by atoms with van der Waals surface area (Å²) in [5.41, 5.74) is 1.73. The molecule has 1 saturated heterocycles. The first-order chi connectivity index (χ1) is 20.1. The van der Waals surface area contributed by atoms with Crippen molar-refractivity contribution < 1.29 is 43.2 Å². The number of urea groups is 1. The minimum absolute atomic E-state index is 0.0872. The van der Waals surface area contributed by atoms with E-state index in [2.05, 4.69) is 25.6 Å². The van der Waals surface area contributed by atoms with Crippen LogP contribution in [0.4, 0.5) is 19.3 Å². The number of rotatable bonds is 5. The second-order valence-electron chi connectivity index (χ2n) is 9.15. The Morgan fingerprint density at radius 1 is 1.07 bits per heavy atom. The van der Waals surface area contributed by atoms with Gasteiger partial charge >= 0.3 is 18.0 Å². The maximum Gasteiger partial charge on any atom is 0.414 e. The second kappa shape index (κ2) is 13.0. The molecule has 5 rings (SSSR count). The van der Waals surface area contributed by atoms with Crippen LogP contribution in [0.1, 0.15) is 18.5 Å². The van der Waals surface area contributed by atoms with Crippen LogP contribution in [0.3, 0.4) is 0 Å². The molecular formula is C27H26F2N6O7. The van der Waals surface area contributed by atoms with Gasteiger partial charge in [0.15, 0.2) is 17.4 Å². The van der Waals surface area contributed by atoms with Crippen LogP contribution in [0.2, 0.25) is 0 Å². The smallest absolute Gasteiger partial charge is 0.414 e. The lowest BCUT2D eigenvalue weighted by atomic mass is 10.1. The zero-order valence-electron chi connectivity index (χ0n) is 22.2. The fraction of sp³-hybridized carbons (Fsp3) is 0.259. The van der Waals surface area contributed by atoms with E-state index in [0.29, 0.717) is 49.2 Å². The summed E-state index contributed by atoms with van der Waals surface area (Å²) in [5.74, 6) is -5.35. The summed E-state index contributed by atoms with van der Waals surface area (Å²) in [4.78, 5) is 45.4. The van der Waals surface area contributed by atoms with E-state index in [4.69, 9.17) is 24.5 Å². The van der Waals surface area contributed by atoms with E-state index >= 15 is 0 Å². The maximum absolute atomic E-state index is 14.9. The summed E-state index contributed by atoms with van der Waals surface area (Å²) < 4.78 is 34.1. The number of pyridine rings is 1. The van der Waals surface area contributed by atoms with Gasteiger partial charge in [-0.25, -0.2) is 28.1 Å². The predicted octanol–water partition coefficient (Wildman–Crippen LogP) is 3.11. The average molecular weight is 585 g/mol. The molecule has 13 nitrogen and oxygen atoms in total. The Hall–Kier alpha value is -5.18. The van der Waals surface area contributed by atoms with Gasteiger partial charge in [-0.05, 0) is 31.0 Å². The highest BCUT2D eigenvalue weighted by atomic mass is 19.1. The molecule has 42 heavy (non-hydrogen) atoms. The number of carboxylic acid groups (broad SMARTS) is 2. The Kier molecular flexibility index (Phi) is 9.22. The van der Waals surface area contributed by atoms with Crippen LogP contribution >= 0.6 is 0 Å². The van der Waals surface area contributed by atoms with Crippen molar-refractivity contribution in [3.63, 3.8) is 0 Å². The zero-order valence-corrected chi connectivity index (χ0v) is 22.2. The van der Waals surface area contributed by atoms with Gasteiger partial charge in [-0.15, -0.1) is 0 Å². The molecule has 2 aromatic heterocycles. The molecule has 0 bridgehead atoms. The standard InChI is InChI=1S/C25H24F2N6O3.C2H2O4/c1-36-20-11-16(26)23-21(22(20)27)17(5-8-28-23)32-25(35)33-9-6-14(7-10-33)29-12-15-13-30-18-3-2-4-19(34)24(18)31-15;3-1(4)2(5)6/h2-5,8,11,13-14,29,34H,6-7,9-10,12H2,1H3,(H,28,32,35);(H,3,4)(H,5,6). The number of nitrogens with zero attached hydrogens (tertiary/aromatic N) is 4. The number of carboxylic acids is 2. The third-order valence-corrected chi connectivity index (χ3v) is 6.47. The quantitative estimate of drug-likeness (QED) is 0.217. The third kappa shape index (κ3) is 6.75. The zero-order chi connectivity index (χ0) is 30.4. The minimum atomic E-state index is -1.82. The van der Waals surface area contributed by atoms with E-state index in [9.17, 15) is 18.7 Å². The van der Waals surface area contributed by atoms with Gasteiger partial charge in [0.05, 0.1) is 35.6 Å². The summed E-state index contributed by atoms with van der Waals surface area (Å²) in [6.07, 6.45) is 4.40. The summed E-state index contributed by atoms with van der Waals surface area (Å²) >= 11 is 0. The molecule has 1 aliphatic rings. The van der Waals surface area contributed by atoms with E-state index in [1.807, 2.05) is 0 Å². The molecule has 1 fully saturated rings. The van der Waals surface area contributed by atoms with Crippen molar-refractivity contribution >= 4 is 45.6 Å². The fourth-order valence-corrected chi connectivity index (χ4v) is 4.36. The van der Waals surface area contributed by atoms with Crippen molar-refractivity contribution in [1.29, 1.82) is 0 Å². The number of hydrogen-bond acceptors (Lipinski definition) is 9. The number of phenols is 1. The number of likely N-dealkylation sites (tertiary alicyclic amines) is 1. The predicted molar refractivity (Wildman–Crippen MR) is 145 cm³/mol. The van der Waals surface area contributed by atoms with Gasteiger partial charge < -0.3 is 35.6 Å². The number of halogens is 2. The Labute approximate surface area is 236 Å². The van der Waals surface area contributed by atoms with Crippen molar-refractivity contribution in [1.82, 2.24) is 25.2 Å². The lowest BCUT2D eigenvalue weighted by Gasteiger charge is -2.32. The minimum Gasteiger partial charge on any atom is -0.506 e. The van der Waals surface area contributed by atoms with Crippen molar-refractivity contribution in [2.75, 3.05) is 25.5 Å². The summed E-state index contributed by atoms with van der Waals surface area (Å²) in [5, 5.41) is 30.8. The first-order valence-corrected chi connectivity index (χ1v) is 12.6. The van der Waals surface area contributed by atoms with Gasteiger partial charge in [-0.1, -0.05) is 6.07 Å². The summed E-state index contributed by atoms with van der Waals surface area (Å²) in [6, 6.07) is 7.20. The van der Waals surface area contributed by atoms with Crippen molar-refractivity contribution in [2.45, 2.75) is 25.4 Å².